The summed E-state index contributed by atoms with van der Waals surface area (Å²) in [4.78, 5) is 27.8. The maximum absolute atomic E-state index is 10.6. The summed E-state index contributed by atoms with van der Waals surface area (Å²) >= 11 is 0. The van der Waals surface area contributed by atoms with Crippen molar-refractivity contribution in [1.82, 2.24) is 0 Å². The van der Waals surface area contributed by atoms with E-state index in [4.69, 9.17) is 0 Å². The second-order valence-electron chi connectivity index (χ2n) is 1.95. The fourth-order valence-electron chi connectivity index (χ4n) is 0.510. The average Bonchev–Trinajstić information content (AvgIpc) is 2.13. The van der Waals surface area contributed by atoms with Crippen molar-refractivity contribution < 1.29 is 19.1 Å². The Morgan fingerprint density at radius 3 is 1.64 bits per heavy atom. The zero-order valence-corrected chi connectivity index (χ0v) is 8.10. The van der Waals surface area contributed by atoms with Crippen LogP contribution in [-0.4, -0.2) is 37.8 Å². The lowest BCUT2D eigenvalue weighted by Crippen LogP contribution is -2.00. The molecule has 0 saturated carbocycles. The van der Waals surface area contributed by atoms with E-state index in [0.29, 0.717) is 0 Å². The number of aliphatic imine (C=N–C) groups is 2. The minimum absolute atomic E-state index is 0.255. The molecule has 0 fully saturated rings. The summed E-state index contributed by atoms with van der Waals surface area (Å²) in [6, 6.07) is 0. The number of carbonyl (C=O) groups excluding carboxylic acids is 2. The minimum Gasteiger partial charge on any atom is -0.448 e. The first-order valence-electron chi connectivity index (χ1n) is 4.11. The van der Waals surface area contributed by atoms with Gasteiger partial charge in [0.1, 0.15) is 0 Å². The van der Waals surface area contributed by atoms with Gasteiger partial charge in [-0.2, -0.15) is 9.98 Å². The van der Waals surface area contributed by atoms with E-state index >= 15 is 0 Å². The van der Waals surface area contributed by atoms with Crippen LogP contribution in [0, 0.1) is 0 Å². The van der Waals surface area contributed by atoms with Gasteiger partial charge < -0.3 is 9.47 Å². The zero-order chi connectivity index (χ0) is 10.8. The molecule has 0 aromatic rings. The molecule has 0 rings (SSSR count). The number of carbonyl (C=O) groups is 2. The summed E-state index contributed by atoms with van der Waals surface area (Å²) in [5, 5.41) is 0. The van der Waals surface area contributed by atoms with Crippen LogP contribution < -0.4 is 0 Å². The molecule has 0 aliphatic heterocycles. The second kappa shape index (κ2) is 7.90. The molecule has 0 aromatic carbocycles. The lowest BCUT2D eigenvalue weighted by atomic mass is 10.8. The van der Waals surface area contributed by atoms with E-state index in [9.17, 15) is 9.59 Å². The Morgan fingerprint density at radius 2 is 1.36 bits per heavy atom. The van der Waals surface area contributed by atoms with E-state index < -0.39 is 12.2 Å². The summed E-state index contributed by atoms with van der Waals surface area (Å²) < 4.78 is 8.96. The van der Waals surface area contributed by atoms with Crippen LogP contribution in [0.1, 0.15) is 13.8 Å². The Bertz CT molecular complexity index is 222. The third-order valence-corrected chi connectivity index (χ3v) is 0.962. The van der Waals surface area contributed by atoms with Crippen LogP contribution in [0.25, 0.3) is 0 Å². The van der Waals surface area contributed by atoms with Crippen LogP contribution in [0.5, 0.6) is 0 Å². The zero-order valence-electron chi connectivity index (χ0n) is 8.10. The maximum atomic E-state index is 10.6. The van der Waals surface area contributed by atoms with Crippen molar-refractivity contribution in [2.24, 2.45) is 9.98 Å². The fourth-order valence-corrected chi connectivity index (χ4v) is 0.510. The molecule has 0 spiro atoms. The van der Waals surface area contributed by atoms with Gasteiger partial charge in [-0.3, -0.25) is 0 Å². The fraction of sp³-hybridized carbons (Fsp3) is 0.500. The summed E-state index contributed by atoms with van der Waals surface area (Å²) in [5.74, 6) is 0. The van der Waals surface area contributed by atoms with E-state index in [0.717, 1.165) is 12.4 Å². The lowest BCUT2D eigenvalue weighted by Gasteiger charge is -1.92. The molecule has 6 nitrogen and oxygen atoms in total. The molecule has 0 radical (unpaired) electrons. The lowest BCUT2D eigenvalue weighted by molar-refractivity contribution is 0.162. The first-order chi connectivity index (χ1) is 6.70. The molecule has 0 aliphatic carbocycles. The van der Waals surface area contributed by atoms with Crippen LogP contribution in [-0.2, 0) is 9.47 Å². The van der Waals surface area contributed by atoms with E-state index in [1.54, 1.807) is 13.8 Å². The second-order valence-corrected chi connectivity index (χ2v) is 1.95. The molecular weight excluding hydrogens is 188 g/mol. The number of hydrogen-bond donors (Lipinski definition) is 0. The molecule has 14 heavy (non-hydrogen) atoms. The van der Waals surface area contributed by atoms with Crippen LogP contribution in [0.15, 0.2) is 9.98 Å². The molecule has 0 saturated heterocycles. The van der Waals surface area contributed by atoms with Gasteiger partial charge in [0.05, 0.1) is 25.6 Å². The number of ether oxygens (including phenoxy) is 2. The highest BCUT2D eigenvalue weighted by atomic mass is 16.5. The van der Waals surface area contributed by atoms with Gasteiger partial charge in [0, 0.05) is 0 Å². The average molecular weight is 200 g/mol. The van der Waals surface area contributed by atoms with Crippen molar-refractivity contribution in [1.29, 1.82) is 0 Å². The molecule has 0 bridgehead atoms. The summed E-state index contributed by atoms with van der Waals surface area (Å²) in [6.07, 6.45) is 0.690. The van der Waals surface area contributed by atoms with Crippen molar-refractivity contribution in [3.05, 3.63) is 0 Å². The predicted molar refractivity (Wildman–Crippen MR) is 51.0 cm³/mol. The van der Waals surface area contributed by atoms with Gasteiger partial charge >= 0.3 is 12.2 Å². The highest BCUT2D eigenvalue weighted by Gasteiger charge is 1.94. The third kappa shape index (κ3) is 6.96. The van der Waals surface area contributed by atoms with E-state index in [1.165, 1.54) is 0 Å². The largest absolute Gasteiger partial charge is 0.448 e. The Labute approximate surface area is 81.6 Å². The smallest absolute Gasteiger partial charge is 0.433 e. The van der Waals surface area contributed by atoms with Crippen LogP contribution in [0.2, 0.25) is 0 Å². The predicted octanol–water partition coefficient (Wildman–Crippen LogP) is 1.44. The molecule has 0 aliphatic rings. The molecule has 0 aromatic heterocycles. The molecule has 0 heterocycles. The van der Waals surface area contributed by atoms with Crippen LogP contribution >= 0.6 is 0 Å². The van der Waals surface area contributed by atoms with E-state index in [1.807, 2.05) is 0 Å². The Kier molecular flexibility index (Phi) is 6.93. The highest BCUT2D eigenvalue weighted by molar-refractivity contribution is 6.20. The first kappa shape index (κ1) is 12.3. The Hall–Kier alpha value is -1.72. The Morgan fingerprint density at radius 1 is 1.00 bits per heavy atom. The standard InChI is InChI=1S/C8H12N2O4/c1-3-13-7(11)9-5-6-10-8(12)14-4-2/h5-6H,3-4H2,1-2H3. The molecule has 78 valence electrons. The van der Waals surface area contributed by atoms with Gasteiger partial charge in [0.2, 0.25) is 0 Å². The maximum Gasteiger partial charge on any atom is 0.433 e. The normalized spacial score (nSPS) is 10.7. The summed E-state index contributed by atoms with van der Waals surface area (Å²) in [5.41, 5.74) is 0. The van der Waals surface area contributed by atoms with Crippen molar-refractivity contribution >= 4 is 24.6 Å². The first-order valence-corrected chi connectivity index (χ1v) is 4.11. The third-order valence-electron chi connectivity index (χ3n) is 0.962. The highest BCUT2D eigenvalue weighted by Crippen LogP contribution is 1.82. The van der Waals surface area contributed by atoms with Gasteiger partial charge in [-0.1, -0.05) is 0 Å². The molecule has 0 N–H and O–H groups in total. The molecule has 6 heteroatoms. The van der Waals surface area contributed by atoms with Crippen LogP contribution in [0.3, 0.4) is 0 Å². The SMILES string of the molecule is CCOC(=O)N=CC=NC(=O)OCC. The minimum atomic E-state index is -0.720. The van der Waals surface area contributed by atoms with Crippen molar-refractivity contribution in [2.45, 2.75) is 13.8 Å². The van der Waals surface area contributed by atoms with Crippen molar-refractivity contribution in [3.8, 4) is 0 Å². The van der Waals surface area contributed by atoms with Gasteiger partial charge in [-0.15, -0.1) is 0 Å². The monoisotopic (exact) mass is 200 g/mol. The topological polar surface area (TPSA) is 77.3 Å². The molecule has 2 amide bonds. The summed E-state index contributed by atoms with van der Waals surface area (Å²) in [7, 11) is 0. The van der Waals surface area contributed by atoms with E-state index in [-0.39, 0.29) is 13.2 Å². The number of rotatable bonds is 3. The Balaban J connectivity index is 3.80. The van der Waals surface area contributed by atoms with E-state index in [2.05, 4.69) is 19.5 Å². The molecular formula is C8H12N2O4. The van der Waals surface area contributed by atoms with Crippen molar-refractivity contribution in [3.63, 3.8) is 0 Å². The van der Waals surface area contributed by atoms with Crippen molar-refractivity contribution in [2.75, 3.05) is 13.2 Å². The van der Waals surface area contributed by atoms with Gasteiger partial charge in [-0.25, -0.2) is 9.59 Å². The number of nitrogens with zero attached hydrogens (tertiary/aromatic N) is 2. The number of amides is 2. The van der Waals surface area contributed by atoms with Crippen LogP contribution in [0.4, 0.5) is 9.59 Å². The quantitative estimate of drug-likeness (QED) is 0.646. The number of hydrogen-bond acceptors (Lipinski definition) is 4. The molecule has 0 unspecified atom stereocenters. The van der Waals surface area contributed by atoms with Gasteiger partial charge in [-0.05, 0) is 13.8 Å². The molecule has 0 atom stereocenters. The van der Waals surface area contributed by atoms with Gasteiger partial charge in [0.25, 0.3) is 0 Å². The van der Waals surface area contributed by atoms with Gasteiger partial charge in [0.15, 0.2) is 0 Å². The summed E-state index contributed by atoms with van der Waals surface area (Å²) in [6.45, 7) is 3.84.